The van der Waals surface area contributed by atoms with E-state index in [1.807, 2.05) is 0 Å². The molecule has 0 aromatic carbocycles. The number of hydrogen-bond donors (Lipinski definition) is 2. The third-order valence-electron chi connectivity index (χ3n) is 2.26. The number of nitrogens with zero attached hydrogens (tertiary/aromatic N) is 1. The van der Waals surface area contributed by atoms with E-state index >= 15 is 0 Å². The van der Waals surface area contributed by atoms with Crippen LogP contribution in [-0.2, 0) is 4.74 Å². The van der Waals surface area contributed by atoms with Crippen molar-refractivity contribution in [2.24, 2.45) is 0 Å². The summed E-state index contributed by atoms with van der Waals surface area (Å²) in [6, 6.07) is 0. The van der Waals surface area contributed by atoms with Gasteiger partial charge in [0.1, 0.15) is 0 Å². The van der Waals surface area contributed by atoms with Crippen molar-refractivity contribution in [3.63, 3.8) is 0 Å². The molecule has 4 nitrogen and oxygen atoms in total. The van der Waals surface area contributed by atoms with Gasteiger partial charge < -0.3 is 9.64 Å². The summed E-state index contributed by atoms with van der Waals surface area (Å²) >= 11 is 0. The monoisotopic (exact) mass is 231 g/mol. The van der Waals surface area contributed by atoms with Crippen molar-refractivity contribution in [2.75, 3.05) is 46.9 Å². The molecule has 16 heavy (non-hydrogen) atoms. The Hall–Kier alpha value is -0.160. The second-order valence-corrected chi connectivity index (χ2v) is 4.33. The maximum atomic E-state index is 5.46. The van der Waals surface area contributed by atoms with Crippen LogP contribution < -0.4 is 10.9 Å². The third-order valence-corrected chi connectivity index (χ3v) is 2.26. The molecule has 0 heterocycles. The first-order valence-electron chi connectivity index (χ1n) is 6.45. The van der Waals surface area contributed by atoms with Gasteiger partial charge in [-0.3, -0.25) is 10.9 Å². The number of ether oxygens (including phenoxy) is 1. The summed E-state index contributed by atoms with van der Waals surface area (Å²) in [7, 11) is 4.20. The van der Waals surface area contributed by atoms with Crippen LogP contribution in [0.2, 0.25) is 0 Å². The molecule has 0 fully saturated rings. The Labute approximate surface area is 101 Å². The van der Waals surface area contributed by atoms with E-state index in [9.17, 15) is 0 Å². The Kier molecular flexibility index (Phi) is 12.8. The molecule has 0 amide bonds. The van der Waals surface area contributed by atoms with E-state index in [2.05, 4.69) is 36.8 Å². The molecule has 98 valence electrons. The molecule has 0 aliphatic carbocycles. The minimum absolute atomic E-state index is 0.867. The molecule has 0 spiro atoms. The van der Waals surface area contributed by atoms with E-state index < -0.39 is 0 Å². The molecule has 2 N–H and O–H groups in total. The predicted octanol–water partition coefficient (Wildman–Crippen LogP) is 1.24. The van der Waals surface area contributed by atoms with Gasteiger partial charge in [0.15, 0.2) is 0 Å². The number of hydrogen-bond acceptors (Lipinski definition) is 4. The normalized spacial score (nSPS) is 11.2. The molecule has 0 aromatic rings. The first kappa shape index (κ1) is 15.8. The fourth-order valence-corrected chi connectivity index (χ4v) is 1.27. The molecule has 0 atom stereocenters. The predicted molar refractivity (Wildman–Crippen MR) is 69.5 cm³/mol. The Bertz CT molecular complexity index is 131. The number of nitrogens with one attached hydrogen (secondary N) is 2. The molecule has 0 unspecified atom stereocenters. The summed E-state index contributed by atoms with van der Waals surface area (Å²) in [5.74, 6) is 0. The quantitative estimate of drug-likeness (QED) is 0.391. The molecular weight excluding hydrogens is 202 g/mol. The van der Waals surface area contributed by atoms with Crippen molar-refractivity contribution < 1.29 is 4.74 Å². The van der Waals surface area contributed by atoms with E-state index in [4.69, 9.17) is 4.74 Å². The molecule has 0 aliphatic heterocycles. The van der Waals surface area contributed by atoms with Gasteiger partial charge >= 0.3 is 0 Å². The summed E-state index contributed by atoms with van der Waals surface area (Å²) in [6.07, 6.45) is 4.64. The summed E-state index contributed by atoms with van der Waals surface area (Å²) in [5, 5.41) is 0. The molecule has 4 heteroatoms. The van der Waals surface area contributed by atoms with Gasteiger partial charge in [0, 0.05) is 26.3 Å². The van der Waals surface area contributed by atoms with Crippen molar-refractivity contribution >= 4 is 0 Å². The van der Waals surface area contributed by atoms with E-state index in [0.29, 0.717) is 0 Å². The minimum Gasteiger partial charge on any atom is -0.381 e. The average molecular weight is 231 g/mol. The smallest absolute Gasteiger partial charge is 0.0478 e. The lowest BCUT2D eigenvalue weighted by atomic mass is 10.4. The lowest BCUT2D eigenvalue weighted by molar-refractivity contribution is 0.128. The zero-order valence-corrected chi connectivity index (χ0v) is 11.2. The van der Waals surface area contributed by atoms with Crippen LogP contribution in [0.15, 0.2) is 0 Å². The average Bonchev–Trinajstić information content (AvgIpc) is 2.25. The van der Waals surface area contributed by atoms with Crippen molar-refractivity contribution in [1.29, 1.82) is 0 Å². The van der Waals surface area contributed by atoms with Gasteiger partial charge in [-0.1, -0.05) is 13.3 Å². The Morgan fingerprint density at radius 2 is 1.56 bits per heavy atom. The highest BCUT2D eigenvalue weighted by Gasteiger charge is 1.91. The minimum atomic E-state index is 0.867. The van der Waals surface area contributed by atoms with Crippen LogP contribution in [-0.4, -0.2) is 51.8 Å². The highest BCUT2D eigenvalue weighted by Crippen LogP contribution is 1.88. The third kappa shape index (κ3) is 13.8. The zero-order chi connectivity index (χ0) is 12.1. The zero-order valence-electron chi connectivity index (χ0n) is 11.2. The Balaban J connectivity index is 2.88. The van der Waals surface area contributed by atoms with Crippen LogP contribution in [0.5, 0.6) is 0 Å². The summed E-state index contributed by atoms with van der Waals surface area (Å²) in [5.41, 5.74) is 6.41. The highest BCUT2D eigenvalue weighted by atomic mass is 16.5. The largest absolute Gasteiger partial charge is 0.381 e. The van der Waals surface area contributed by atoms with Gasteiger partial charge in [0.2, 0.25) is 0 Å². The van der Waals surface area contributed by atoms with Gasteiger partial charge in [-0.2, -0.15) is 0 Å². The molecule has 0 aliphatic rings. The lowest BCUT2D eigenvalue weighted by Crippen LogP contribution is -2.34. The molecule has 0 bridgehead atoms. The number of unbranched alkanes of at least 4 members (excludes halogenated alkanes) is 1. The molecule has 0 aromatic heterocycles. The van der Waals surface area contributed by atoms with Crippen LogP contribution in [0, 0.1) is 0 Å². The standard InChI is InChI=1S/C12H29N3O/c1-4-5-11-16-12-7-9-14-13-8-6-10-15(2)3/h13-14H,4-12H2,1-3H3. The second-order valence-electron chi connectivity index (χ2n) is 4.33. The van der Waals surface area contributed by atoms with Crippen LogP contribution in [0.4, 0.5) is 0 Å². The SMILES string of the molecule is CCCCOCCCNNCCCN(C)C. The highest BCUT2D eigenvalue weighted by molar-refractivity contribution is 4.48. The molecule has 0 saturated heterocycles. The van der Waals surface area contributed by atoms with Gasteiger partial charge in [0.25, 0.3) is 0 Å². The van der Waals surface area contributed by atoms with Crippen LogP contribution >= 0.6 is 0 Å². The van der Waals surface area contributed by atoms with E-state index in [1.54, 1.807) is 0 Å². The van der Waals surface area contributed by atoms with Crippen LogP contribution in [0.3, 0.4) is 0 Å². The maximum absolute atomic E-state index is 5.46. The lowest BCUT2D eigenvalue weighted by Gasteiger charge is -2.10. The van der Waals surface area contributed by atoms with Crippen molar-refractivity contribution in [3.8, 4) is 0 Å². The first-order valence-corrected chi connectivity index (χ1v) is 6.45. The van der Waals surface area contributed by atoms with E-state index in [0.717, 1.165) is 39.3 Å². The molecular formula is C12H29N3O. The maximum Gasteiger partial charge on any atom is 0.0478 e. The van der Waals surface area contributed by atoms with Gasteiger partial charge in [-0.25, -0.2) is 0 Å². The number of rotatable bonds is 12. The van der Waals surface area contributed by atoms with E-state index in [1.165, 1.54) is 19.3 Å². The molecule has 0 saturated carbocycles. The summed E-state index contributed by atoms with van der Waals surface area (Å²) in [4.78, 5) is 2.20. The second kappa shape index (κ2) is 12.9. The van der Waals surface area contributed by atoms with Gasteiger partial charge in [-0.15, -0.1) is 0 Å². The summed E-state index contributed by atoms with van der Waals surface area (Å²) < 4.78 is 5.46. The summed E-state index contributed by atoms with van der Waals surface area (Å²) in [6.45, 7) is 7.10. The number of hydrazine groups is 1. The van der Waals surface area contributed by atoms with Crippen molar-refractivity contribution in [1.82, 2.24) is 15.8 Å². The van der Waals surface area contributed by atoms with Crippen LogP contribution in [0.1, 0.15) is 32.6 Å². The molecule has 0 rings (SSSR count). The van der Waals surface area contributed by atoms with Gasteiger partial charge in [-0.05, 0) is 39.9 Å². The fourth-order valence-electron chi connectivity index (χ4n) is 1.27. The van der Waals surface area contributed by atoms with Gasteiger partial charge in [0.05, 0.1) is 0 Å². The Morgan fingerprint density at radius 1 is 0.938 bits per heavy atom. The topological polar surface area (TPSA) is 36.5 Å². The van der Waals surface area contributed by atoms with Crippen molar-refractivity contribution in [3.05, 3.63) is 0 Å². The molecule has 0 radical (unpaired) electrons. The van der Waals surface area contributed by atoms with Crippen molar-refractivity contribution in [2.45, 2.75) is 32.6 Å². The first-order chi connectivity index (χ1) is 7.77. The van der Waals surface area contributed by atoms with E-state index in [-0.39, 0.29) is 0 Å². The van der Waals surface area contributed by atoms with Crippen LogP contribution in [0.25, 0.3) is 0 Å². The Morgan fingerprint density at radius 3 is 2.19 bits per heavy atom. The fraction of sp³-hybridized carbons (Fsp3) is 1.00.